The van der Waals surface area contributed by atoms with Gasteiger partial charge in [0.1, 0.15) is 0 Å². The van der Waals surface area contributed by atoms with Gasteiger partial charge in [0, 0.05) is 18.8 Å². The molecule has 0 aromatic heterocycles. The maximum Gasteiger partial charge on any atom is 0.316 e. The van der Waals surface area contributed by atoms with E-state index in [9.17, 15) is 9.59 Å². The summed E-state index contributed by atoms with van der Waals surface area (Å²) in [7, 11) is 0. The summed E-state index contributed by atoms with van der Waals surface area (Å²) in [5.74, 6) is 1.35. The minimum atomic E-state index is -0.527. The van der Waals surface area contributed by atoms with E-state index in [1.54, 1.807) is 0 Å². The van der Waals surface area contributed by atoms with Gasteiger partial charge < -0.3 is 9.80 Å². The molecule has 1 aromatic carbocycles. The fraction of sp³-hybridized carbons (Fsp3) is 0.286. The number of piperazine rings is 1. The number of carbonyl (C=O) groups is 2. The number of aryl methyl sites for hydroxylation is 1. The molecule has 4 heteroatoms. The molecule has 0 N–H and O–H groups in total. The van der Waals surface area contributed by atoms with Crippen molar-refractivity contribution in [2.24, 2.45) is 0 Å². The summed E-state index contributed by atoms with van der Waals surface area (Å²) in [5.41, 5.74) is 1.81. The molecule has 0 spiro atoms. The lowest BCUT2D eigenvalue weighted by atomic mass is 10.2. The van der Waals surface area contributed by atoms with Crippen LogP contribution in [0.2, 0.25) is 0 Å². The molecule has 1 aliphatic rings. The van der Waals surface area contributed by atoms with Gasteiger partial charge in [-0.25, -0.2) is 0 Å². The maximum absolute atomic E-state index is 12.0. The van der Waals surface area contributed by atoms with Crippen LogP contribution < -0.4 is 4.90 Å². The number of rotatable bonds is 2. The third-order valence-electron chi connectivity index (χ3n) is 2.90. The van der Waals surface area contributed by atoms with Crippen molar-refractivity contribution < 1.29 is 9.59 Å². The van der Waals surface area contributed by atoms with Gasteiger partial charge in [0.25, 0.3) is 0 Å². The Labute approximate surface area is 106 Å². The number of hydrogen-bond donors (Lipinski definition) is 0. The van der Waals surface area contributed by atoms with Crippen molar-refractivity contribution in [2.75, 3.05) is 24.5 Å². The van der Waals surface area contributed by atoms with E-state index in [1.807, 2.05) is 31.2 Å². The van der Waals surface area contributed by atoms with Crippen molar-refractivity contribution in [1.82, 2.24) is 4.90 Å². The fourth-order valence-corrected chi connectivity index (χ4v) is 1.98. The van der Waals surface area contributed by atoms with E-state index in [4.69, 9.17) is 6.42 Å². The van der Waals surface area contributed by atoms with Crippen LogP contribution in [0.3, 0.4) is 0 Å². The molecule has 1 fully saturated rings. The largest absolute Gasteiger partial charge is 0.322 e. The molecule has 4 nitrogen and oxygen atoms in total. The summed E-state index contributed by atoms with van der Waals surface area (Å²) >= 11 is 0. The lowest BCUT2D eigenvalue weighted by molar-refractivity contribution is -0.145. The fourth-order valence-electron chi connectivity index (χ4n) is 1.98. The molecule has 0 saturated carbocycles. The number of carbonyl (C=O) groups excluding carboxylic acids is 2. The Morgan fingerprint density at radius 1 is 1.28 bits per heavy atom. The summed E-state index contributed by atoms with van der Waals surface area (Å²) < 4.78 is 0. The van der Waals surface area contributed by atoms with Crippen LogP contribution in [0.1, 0.15) is 5.56 Å². The first-order valence-corrected chi connectivity index (χ1v) is 5.74. The van der Waals surface area contributed by atoms with Gasteiger partial charge in [0.15, 0.2) is 0 Å². The Balaban J connectivity index is 2.21. The molecule has 0 unspecified atom stereocenters. The van der Waals surface area contributed by atoms with Gasteiger partial charge in [-0.15, -0.1) is 6.42 Å². The summed E-state index contributed by atoms with van der Waals surface area (Å²) in [6.07, 6.45) is 5.16. The van der Waals surface area contributed by atoms with Crippen molar-refractivity contribution in [3.05, 3.63) is 29.8 Å². The zero-order chi connectivity index (χ0) is 13.1. The average Bonchev–Trinajstić information content (AvgIpc) is 2.35. The number of hydrogen-bond acceptors (Lipinski definition) is 2. The van der Waals surface area contributed by atoms with Gasteiger partial charge in [-0.05, 0) is 24.6 Å². The number of benzene rings is 1. The minimum absolute atomic E-state index is 0.187. The number of terminal acetylenes is 1. The predicted molar refractivity (Wildman–Crippen MR) is 68.9 cm³/mol. The van der Waals surface area contributed by atoms with Crippen LogP contribution in [0.4, 0.5) is 5.69 Å². The van der Waals surface area contributed by atoms with E-state index in [1.165, 1.54) is 9.80 Å². The highest BCUT2D eigenvalue weighted by molar-refractivity contribution is 6.41. The Hall–Kier alpha value is -2.28. The van der Waals surface area contributed by atoms with Gasteiger partial charge in [0.05, 0.1) is 6.54 Å². The van der Waals surface area contributed by atoms with Gasteiger partial charge in [-0.2, -0.15) is 0 Å². The third-order valence-corrected chi connectivity index (χ3v) is 2.90. The second kappa shape index (κ2) is 4.92. The van der Waals surface area contributed by atoms with Crippen molar-refractivity contribution >= 4 is 17.5 Å². The second-order valence-electron chi connectivity index (χ2n) is 4.23. The SMILES string of the molecule is C#CCN1CCN(c2cccc(C)c2)C(=O)C1=O. The van der Waals surface area contributed by atoms with Crippen LogP contribution in [0.25, 0.3) is 0 Å². The standard InChI is InChI=1S/C14H14N2O2/c1-3-7-15-8-9-16(14(18)13(15)17)12-6-4-5-11(2)10-12/h1,4-6,10H,7-9H2,2H3. The third kappa shape index (κ3) is 2.21. The van der Waals surface area contributed by atoms with Crippen LogP contribution >= 0.6 is 0 Å². The molecule has 92 valence electrons. The van der Waals surface area contributed by atoms with Gasteiger partial charge in [-0.1, -0.05) is 18.1 Å². The molecule has 1 heterocycles. The highest BCUT2D eigenvalue weighted by atomic mass is 16.2. The van der Waals surface area contributed by atoms with Gasteiger partial charge in [-0.3, -0.25) is 9.59 Å². The smallest absolute Gasteiger partial charge is 0.316 e. The van der Waals surface area contributed by atoms with Crippen LogP contribution in [0.15, 0.2) is 24.3 Å². The molecule has 2 rings (SSSR count). The molecule has 0 radical (unpaired) electrons. The van der Waals surface area contributed by atoms with E-state index in [0.29, 0.717) is 13.1 Å². The van der Waals surface area contributed by atoms with Crippen molar-refractivity contribution in [1.29, 1.82) is 0 Å². The zero-order valence-corrected chi connectivity index (χ0v) is 10.2. The molecule has 1 aromatic rings. The average molecular weight is 242 g/mol. The first kappa shape index (κ1) is 12.2. The van der Waals surface area contributed by atoms with E-state index >= 15 is 0 Å². The maximum atomic E-state index is 12.0. The molecule has 18 heavy (non-hydrogen) atoms. The monoisotopic (exact) mass is 242 g/mol. The van der Waals surface area contributed by atoms with E-state index < -0.39 is 11.8 Å². The lowest BCUT2D eigenvalue weighted by Crippen LogP contribution is -2.54. The van der Waals surface area contributed by atoms with Crippen LogP contribution in [0.5, 0.6) is 0 Å². The Morgan fingerprint density at radius 2 is 2.06 bits per heavy atom. The molecule has 2 amide bonds. The molecular formula is C14H14N2O2. The van der Waals surface area contributed by atoms with Crippen LogP contribution in [0, 0.1) is 19.3 Å². The highest BCUT2D eigenvalue weighted by Gasteiger charge is 2.32. The summed E-state index contributed by atoms with van der Waals surface area (Å²) in [5, 5.41) is 0. The van der Waals surface area contributed by atoms with Crippen molar-refractivity contribution in [3.8, 4) is 12.3 Å². The summed E-state index contributed by atoms with van der Waals surface area (Å²) in [4.78, 5) is 26.7. The lowest BCUT2D eigenvalue weighted by Gasteiger charge is -2.32. The van der Waals surface area contributed by atoms with E-state index in [2.05, 4.69) is 5.92 Å². The molecule has 0 atom stereocenters. The highest BCUT2D eigenvalue weighted by Crippen LogP contribution is 2.18. The Bertz CT molecular complexity index is 531. The molecule has 1 saturated heterocycles. The number of nitrogens with zero attached hydrogens (tertiary/aromatic N) is 2. The molecule has 0 aliphatic carbocycles. The van der Waals surface area contributed by atoms with E-state index in [0.717, 1.165) is 11.3 Å². The topological polar surface area (TPSA) is 40.6 Å². The summed E-state index contributed by atoms with van der Waals surface area (Å²) in [6, 6.07) is 7.54. The quantitative estimate of drug-likeness (QED) is 0.568. The first-order valence-electron chi connectivity index (χ1n) is 5.74. The van der Waals surface area contributed by atoms with Crippen molar-refractivity contribution in [3.63, 3.8) is 0 Å². The Kier molecular flexibility index (Phi) is 3.33. The van der Waals surface area contributed by atoms with E-state index in [-0.39, 0.29) is 6.54 Å². The van der Waals surface area contributed by atoms with Crippen LogP contribution in [-0.2, 0) is 9.59 Å². The minimum Gasteiger partial charge on any atom is -0.322 e. The number of anilines is 1. The summed E-state index contributed by atoms with van der Waals surface area (Å²) in [6.45, 7) is 3.09. The van der Waals surface area contributed by atoms with Gasteiger partial charge in [0.2, 0.25) is 0 Å². The van der Waals surface area contributed by atoms with Gasteiger partial charge >= 0.3 is 11.8 Å². The zero-order valence-electron chi connectivity index (χ0n) is 10.2. The number of amides is 2. The van der Waals surface area contributed by atoms with Crippen molar-refractivity contribution in [2.45, 2.75) is 6.92 Å². The Morgan fingerprint density at radius 3 is 2.72 bits per heavy atom. The normalized spacial score (nSPS) is 15.8. The second-order valence-corrected chi connectivity index (χ2v) is 4.23. The molecule has 0 bridgehead atoms. The van der Waals surface area contributed by atoms with Crippen LogP contribution in [-0.4, -0.2) is 36.3 Å². The first-order chi connectivity index (χ1) is 8.63. The molecule has 1 aliphatic heterocycles. The molecular weight excluding hydrogens is 228 g/mol. The predicted octanol–water partition coefficient (Wildman–Crippen LogP) is 0.803.